The molecule has 0 aliphatic carbocycles. The molecule has 48 heavy (non-hydrogen) atoms. The van der Waals surface area contributed by atoms with E-state index in [-0.39, 0.29) is 32.6 Å². The van der Waals surface area contributed by atoms with E-state index in [1.807, 2.05) is 0 Å². The molecule has 5 atom stereocenters. The molecule has 1 N–H and O–H groups in total. The van der Waals surface area contributed by atoms with Crippen LogP contribution in [0.4, 0.5) is 13.2 Å². The molecule has 5 rings (SSSR count). The van der Waals surface area contributed by atoms with Crippen LogP contribution in [0.5, 0.6) is 11.6 Å². The van der Waals surface area contributed by atoms with Crippen LogP contribution in [0.1, 0.15) is 39.5 Å². The van der Waals surface area contributed by atoms with Crippen molar-refractivity contribution in [2.75, 3.05) is 6.61 Å². The predicted molar refractivity (Wildman–Crippen MR) is 152 cm³/mol. The second-order valence-corrected chi connectivity index (χ2v) is 10.7. The van der Waals surface area contributed by atoms with E-state index in [1.54, 1.807) is 12.1 Å². The maximum atomic E-state index is 13.3. The summed E-state index contributed by atoms with van der Waals surface area (Å²) in [5, 5.41) is 12.0. The lowest BCUT2D eigenvalue weighted by Gasteiger charge is -2.45. The minimum absolute atomic E-state index is 0.00746. The molecule has 17 heteroatoms. The second kappa shape index (κ2) is 13.0. The molecule has 1 amide bonds. The van der Waals surface area contributed by atoms with Gasteiger partial charge < -0.3 is 33.5 Å². The summed E-state index contributed by atoms with van der Waals surface area (Å²) in [7, 11) is 0. The molecular weight excluding hydrogens is 649 g/mol. The van der Waals surface area contributed by atoms with Crippen molar-refractivity contribution in [2.45, 2.75) is 64.7 Å². The van der Waals surface area contributed by atoms with Crippen LogP contribution in [-0.2, 0) is 47.7 Å². The molecule has 0 bridgehead atoms. The summed E-state index contributed by atoms with van der Waals surface area (Å²) < 4.78 is 72.0. The van der Waals surface area contributed by atoms with E-state index in [9.17, 15) is 42.3 Å². The standard InChI is InChI=1S/C31H27F3N2O12/c1-13(37)43-12-22-25(44-14(2)38)26(45-15(3)39)27(46-16(4)40)30(47-22)36-21-8-6-5-7-18(21)24(29(36)42)23-19-11-17(48-31(32,33)34)9-10-20(19)35-28(23)41/h5-11,22,25-27,30,42H,12H2,1-4H3/t22-,25-,26+,27-,30-/m1/s1. The number of fused-ring (bicyclic) bond motifs is 2. The summed E-state index contributed by atoms with van der Waals surface area (Å²) in [5.74, 6) is -5.60. The van der Waals surface area contributed by atoms with Gasteiger partial charge in [-0.2, -0.15) is 0 Å². The zero-order valence-electron chi connectivity index (χ0n) is 25.6. The van der Waals surface area contributed by atoms with E-state index in [1.165, 1.54) is 12.1 Å². The normalized spacial score (nSPS) is 22.0. The lowest BCUT2D eigenvalue weighted by atomic mass is 9.97. The monoisotopic (exact) mass is 676 g/mol. The SMILES string of the molecule is CC(=O)OC[C@H]1O[C@@H](n2c(O)c(C3=c4cc(OC(F)(F)F)ccc4=NC3=O)c3ccccc32)[C@H](OC(C)=O)[C@@H](OC(C)=O)[C@@H]1OC(C)=O. The summed E-state index contributed by atoms with van der Waals surface area (Å²) in [6, 6.07) is 9.19. The third-order valence-corrected chi connectivity index (χ3v) is 7.26. The first-order valence-electron chi connectivity index (χ1n) is 14.2. The summed E-state index contributed by atoms with van der Waals surface area (Å²) in [4.78, 5) is 65.8. The quantitative estimate of drug-likeness (QED) is 0.271. The van der Waals surface area contributed by atoms with Crippen molar-refractivity contribution in [1.82, 2.24) is 4.57 Å². The van der Waals surface area contributed by atoms with Crippen molar-refractivity contribution in [2.24, 2.45) is 4.99 Å². The number of esters is 4. The van der Waals surface area contributed by atoms with Gasteiger partial charge in [0.25, 0.3) is 5.91 Å². The molecule has 3 heterocycles. The van der Waals surface area contributed by atoms with Crippen molar-refractivity contribution in [1.29, 1.82) is 0 Å². The molecule has 0 spiro atoms. The van der Waals surface area contributed by atoms with Crippen LogP contribution in [0.25, 0.3) is 16.5 Å². The first-order chi connectivity index (χ1) is 22.6. The van der Waals surface area contributed by atoms with E-state index in [4.69, 9.17) is 23.7 Å². The molecule has 254 valence electrons. The number of para-hydroxylation sites is 1. The van der Waals surface area contributed by atoms with Gasteiger partial charge in [0, 0.05) is 38.3 Å². The maximum absolute atomic E-state index is 13.3. The van der Waals surface area contributed by atoms with Gasteiger partial charge in [-0.05, 0) is 24.3 Å². The van der Waals surface area contributed by atoms with Crippen LogP contribution < -0.4 is 15.3 Å². The molecule has 2 aliphatic heterocycles. The van der Waals surface area contributed by atoms with Crippen molar-refractivity contribution < 1.29 is 70.7 Å². The largest absolute Gasteiger partial charge is 0.573 e. The number of hydrogen-bond acceptors (Lipinski definition) is 12. The Bertz CT molecular complexity index is 1950. The minimum Gasteiger partial charge on any atom is -0.494 e. The fourth-order valence-corrected chi connectivity index (χ4v) is 5.70. The average molecular weight is 677 g/mol. The highest BCUT2D eigenvalue weighted by atomic mass is 19.4. The third-order valence-electron chi connectivity index (χ3n) is 7.26. The molecule has 2 aromatic carbocycles. The highest BCUT2D eigenvalue weighted by molar-refractivity contribution is 6.25. The van der Waals surface area contributed by atoms with Gasteiger partial charge in [0.05, 0.1) is 22.0 Å². The Morgan fingerprint density at radius 3 is 2.15 bits per heavy atom. The molecule has 0 unspecified atom stereocenters. The van der Waals surface area contributed by atoms with E-state index in [0.29, 0.717) is 0 Å². The number of halogens is 3. The van der Waals surface area contributed by atoms with Gasteiger partial charge in [-0.25, -0.2) is 4.99 Å². The zero-order valence-corrected chi connectivity index (χ0v) is 25.6. The lowest BCUT2D eigenvalue weighted by Crippen LogP contribution is -2.60. The van der Waals surface area contributed by atoms with Crippen LogP contribution in [-0.4, -0.2) is 76.8 Å². The zero-order chi connectivity index (χ0) is 35.1. The van der Waals surface area contributed by atoms with E-state index < -0.39 is 85.0 Å². The fraction of sp³-hybridized carbons (Fsp3) is 0.355. The van der Waals surface area contributed by atoms with E-state index >= 15 is 0 Å². The van der Waals surface area contributed by atoms with Gasteiger partial charge in [0.15, 0.2) is 24.5 Å². The first kappa shape index (κ1) is 33.9. The van der Waals surface area contributed by atoms with E-state index in [2.05, 4.69) is 9.73 Å². The van der Waals surface area contributed by atoms with Crippen LogP contribution in [0.3, 0.4) is 0 Å². The molecule has 0 saturated carbocycles. The highest BCUT2D eigenvalue weighted by Crippen LogP contribution is 2.44. The van der Waals surface area contributed by atoms with Crippen molar-refractivity contribution in [3.05, 3.63) is 58.6 Å². The molecule has 1 fully saturated rings. The summed E-state index contributed by atoms with van der Waals surface area (Å²) >= 11 is 0. The smallest absolute Gasteiger partial charge is 0.494 e. The van der Waals surface area contributed by atoms with Gasteiger partial charge in [0.2, 0.25) is 5.88 Å². The van der Waals surface area contributed by atoms with Crippen molar-refractivity contribution >= 4 is 46.3 Å². The van der Waals surface area contributed by atoms with E-state index in [0.717, 1.165) is 50.5 Å². The Hall–Kier alpha value is -5.45. The number of aromatic hydroxyl groups is 1. The van der Waals surface area contributed by atoms with Crippen LogP contribution >= 0.6 is 0 Å². The van der Waals surface area contributed by atoms with Gasteiger partial charge in [-0.15, -0.1) is 13.2 Å². The fourth-order valence-electron chi connectivity index (χ4n) is 5.70. The maximum Gasteiger partial charge on any atom is 0.573 e. The van der Waals surface area contributed by atoms with Crippen LogP contribution in [0.2, 0.25) is 0 Å². The molecule has 1 aromatic heterocycles. The molecule has 1 saturated heterocycles. The molecule has 3 aromatic rings. The molecular formula is C31H27F3N2O12. The number of carbonyl (C=O) groups is 5. The summed E-state index contributed by atoms with van der Waals surface area (Å²) in [6.07, 6.45) is -12.7. The Morgan fingerprint density at radius 2 is 1.52 bits per heavy atom. The van der Waals surface area contributed by atoms with Crippen LogP contribution in [0, 0.1) is 0 Å². The van der Waals surface area contributed by atoms with Gasteiger partial charge in [0.1, 0.15) is 18.5 Å². The topological polar surface area (TPSA) is 178 Å². The molecule has 0 radical (unpaired) electrons. The number of aromatic nitrogens is 1. The minimum atomic E-state index is -5.04. The number of hydrogen-bond donors (Lipinski definition) is 1. The Kier molecular flexibility index (Phi) is 9.17. The number of amides is 1. The van der Waals surface area contributed by atoms with Crippen molar-refractivity contribution in [3.8, 4) is 11.6 Å². The Balaban J connectivity index is 1.76. The average Bonchev–Trinajstić information content (AvgIpc) is 3.44. The predicted octanol–water partition coefficient (Wildman–Crippen LogP) is 1.86. The van der Waals surface area contributed by atoms with Crippen LogP contribution in [0.15, 0.2) is 47.5 Å². The lowest BCUT2D eigenvalue weighted by molar-refractivity contribution is -0.274. The van der Waals surface area contributed by atoms with Crippen molar-refractivity contribution in [3.63, 3.8) is 0 Å². The number of benzene rings is 2. The number of nitrogens with zero attached hydrogens (tertiary/aromatic N) is 2. The number of carbonyl (C=O) groups excluding carboxylic acids is 5. The summed E-state index contributed by atoms with van der Waals surface area (Å²) in [6.45, 7) is 3.70. The van der Waals surface area contributed by atoms with Gasteiger partial charge in [-0.1, -0.05) is 18.2 Å². The number of rotatable bonds is 8. The molecule has 2 aliphatic rings. The second-order valence-electron chi connectivity index (χ2n) is 10.7. The Labute approximate surface area is 268 Å². The van der Waals surface area contributed by atoms with Gasteiger partial charge in [-0.3, -0.25) is 28.5 Å². The highest BCUT2D eigenvalue weighted by Gasteiger charge is 2.54. The third kappa shape index (κ3) is 6.80. The molecule has 14 nitrogen and oxygen atoms in total. The number of ether oxygens (including phenoxy) is 6. The first-order valence-corrected chi connectivity index (χ1v) is 14.2. The van der Waals surface area contributed by atoms with Gasteiger partial charge >= 0.3 is 30.2 Å². The Morgan fingerprint density at radius 1 is 0.896 bits per heavy atom. The summed E-state index contributed by atoms with van der Waals surface area (Å²) in [5.41, 5.74) is -0.298. The number of alkyl halides is 3.